The second-order valence-corrected chi connectivity index (χ2v) is 4.71. The maximum Gasteiger partial charge on any atom is 0.0629 e. The molecule has 0 fully saturated rings. The zero-order chi connectivity index (χ0) is 13.3. The monoisotopic (exact) mass is 247 g/mol. The Bertz CT molecular complexity index is 538. The third-order valence-electron chi connectivity index (χ3n) is 3.49. The molecular weight excluding hydrogens is 226 g/mol. The number of aromatic nitrogens is 4. The summed E-state index contributed by atoms with van der Waals surface area (Å²) in [4.78, 5) is 0. The summed E-state index contributed by atoms with van der Waals surface area (Å²) in [6.07, 6.45) is 4.68. The standard InChI is InChI=1S/C13H21N5/c1-5-18-8-11(7-15-18)13(14)6-12-9(2)16-17(4)10(12)3/h7-8,13H,5-6,14H2,1-4H3. The van der Waals surface area contributed by atoms with E-state index < -0.39 is 0 Å². The molecule has 2 aromatic rings. The number of nitrogens with zero attached hydrogens (tertiary/aromatic N) is 4. The summed E-state index contributed by atoms with van der Waals surface area (Å²) in [5.41, 5.74) is 10.8. The molecule has 0 saturated heterocycles. The van der Waals surface area contributed by atoms with E-state index in [1.807, 2.05) is 35.7 Å². The highest BCUT2D eigenvalue weighted by Gasteiger charge is 2.15. The largest absolute Gasteiger partial charge is 0.324 e. The molecule has 0 aliphatic heterocycles. The normalized spacial score (nSPS) is 12.9. The molecular formula is C13H21N5. The van der Waals surface area contributed by atoms with Crippen molar-refractivity contribution in [3.05, 3.63) is 34.9 Å². The lowest BCUT2D eigenvalue weighted by Crippen LogP contribution is -2.13. The summed E-state index contributed by atoms with van der Waals surface area (Å²) < 4.78 is 3.81. The van der Waals surface area contributed by atoms with E-state index in [2.05, 4.69) is 24.0 Å². The van der Waals surface area contributed by atoms with Gasteiger partial charge in [0, 0.05) is 37.1 Å². The first-order valence-corrected chi connectivity index (χ1v) is 6.30. The molecule has 0 aromatic carbocycles. The Kier molecular flexibility index (Phi) is 3.52. The Morgan fingerprint density at radius 3 is 2.61 bits per heavy atom. The van der Waals surface area contributed by atoms with Crippen LogP contribution < -0.4 is 5.73 Å². The molecule has 5 nitrogen and oxygen atoms in total. The van der Waals surface area contributed by atoms with Gasteiger partial charge in [-0.1, -0.05) is 0 Å². The van der Waals surface area contributed by atoms with Gasteiger partial charge in [0.2, 0.25) is 0 Å². The van der Waals surface area contributed by atoms with Gasteiger partial charge in [-0.2, -0.15) is 10.2 Å². The van der Waals surface area contributed by atoms with Gasteiger partial charge in [-0.3, -0.25) is 9.36 Å². The predicted molar refractivity (Wildman–Crippen MR) is 71.2 cm³/mol. The number of hydrogen-bond donors (Lipinski definition) is 1. The first-order chi connectivity index (χ1) is 8.52. The van der Waals surface area contributed by atoms with Gasteiger partial charge in [-0.05, 0) is 32.8 Å². The van der Waals surface area contributed by atoms with Gasteiger partial charge in [0.15, 0.2) is 0 Å². The zero-order valence-corrected chi connectivity index (χ0v) is 11.5. The molecule has 18 heavy (non-hydrogen) atoms. The van der Waals surface area contributed by atoms with Crippen LogP contribution in [0, 0.1) is 13.8 Å². The molecule has 5 heteroatoms. The molecule has 0 saturated carbocycles. The average Bonchev–Trinajstić information content (AvgIpc) is 2.90. The minimum Gasteiger partial charge on any atom is -0.324 e. The Hall–Kier alpha value is -1.62. The Morgan fingerprint density at radius 1 is 1.39 bits per heavy atom. The summed E-state index contributed by atoms with van der Waals surface area (Å²) in [6, 6.07) is -0.0214. The molecule has 0 aliphatic carbocycles. The van der Waals surface area contributed by atoms with Crippen molar-refractivity contribution in [3.63, 3.8) is 0 Å². The number of hydrogen-bond acceptors (Lipinski definition) is 3. The van der Waals surface area contributed by atoms with Crippen LogP contribution in [0.3, 0.4) is 0 Å². The fourth-order valence-electron chi connectivity index (χ4n) is 2.19. The van der Waals surface area contributed by atoms with Crippen LogP contribution in [-0.2, 0) is 20.0 Å². The third-order valence-corrected chi connectivity index (χ3v) is 3.49. The molecule has 2 heterocycles. The predicted octanol–water partition coefficient (Wildman–Crippen LogP) is 1.50. The van der Waals surface area contributed by atoms with Crippen molar-refractivity contribution in [1.29, 1.82) is 0 Å². The lowest BCUT2D eigenvalue weighted by atomic mass is 10.0. The minimum atomic E-state index is -0.0214. The summed E-state index contributed by atoms with van der Waals surface area (Å²) in [5.74, 6) is 0. The highest BCUT2D eigenvalue weighted by Crippen LogP contribution is 2.20. The van der Waals surface area contributed by atoms with Crippen LogP contribution in [0.1, 0.15) is 35.5 Å². The van der Waals surface area contributed by atoms with Crippen molar-refractivity contribution in [1.82, 2.24) is 19.6 Å². The number of aryl methyl sites for hydroxylation is 3. The molecule has 1 unspecified atom stereocenters. The lowest BCUT2D eigenvalue weighted by Gasteiger charge is -2.09. The van der Waals surface area contributed by atoms with Gasteiger partial charge in [-0.15, -0.1) is 0 Å². The second kappa shape index (κ2) is 4.94. The summed E-state index contributed by atoms with van der Waals surface area (Å²) in [7, 11) is 1.96. The van der Waals surface area contributed by atoms with Crippen LogP contribution in [0.25, 0.3) is 0 Å². The first kappa shape index (κ1) is 12.8. The summed E-state index contributed by atoms with van der Waals surface area (Å²) in [6.45, 7) is 7.05. The maximum atomic E-state index is 6.25. The fourth-order valence-corrected chi connectivity index (χ4v) is 2.19. The third kappa shape index (κ3) is 2.31. The van der Waals surface area contributed by atoms with E-state index in [9.17, 15) is 0 Å². The SMILES string of the molecule is CCn1cc(C(N)Cc2c(C)nn(C)c2C)cn1. The van der Waals surface area contributed by atoms with Crippen molar-refractivity contribution in [2.24, 2.45) is 12.8 Å². The second-order valence-electron chi connectivity index (χ2n) is 4.71. The summed E-state index contributed by atoms with van der Waals surface area (Å²) in [5, 5.41) is 8.68. The topological polar surface area (TPSA) is 61.7 Å². The van der Waals surface area contributed by atoms with E-state index in [0.29, 0.717) is 0 Å². The van der Waals surface area contributed by atoms with Crippen molar-refractivity contribution >= 4 is 0 Å². The molecule has 1 atom stereocenters. The Labute approximate surface area is 108 Å². The van der Waals surface area contributed by atoms with E-state index in [4.69, 9.17) is 5.73 Å². The lowest BCUT2D eigenvalue weighted by molar-refractivity contribution is 0.655. The van der Waals surface area contributed by atoms with Gasteiger partial charge in [0.25, 0.3) is 0 Å². The molecule has 0 spiro atoms. The van der Waals surface area contributed by atoms with Crippen molar-refractivity contribution in [2.75, 3.05) is 0 Å². The van der Waals surface area contributed by atoms with E-state index >= 15 is 0 Å². The molecule has 2 N–H and O–H groups in total. The van der Waals surface area contributed by atoms with Crippen molar-refractivity contribution in [3.8, 4) is 0 Å². The molecule has 2 aromatic heterocycles. The van der Waals surface area contributed by atoms with Gasteiger partial charge < -0.3 is 5.73 Å². The highest BCUT2D eigenvalue weighted by atomic mass is 15.3. The van der Waals surface area contributed by atoms with E-state index in [1.54, 1.807) is 0 Å². The molecule has 0 radical (unpaired) electrons. The van der Waals surface area contributed by atoms with Crippen LogP contribution in [-0.4, -0.2) is 19.6 Å². The Morgan fingerprint density at radius 2 is 2.11 bits per heavy atom. The zero-order valence-electron chi connectivity index (χ0n) is 11.5. The molecule has 98 valence electrons. The molecule has 0 aliphatic rings. The van der Waals surface area contributed by atoms with E-state index in [1.165, 1.54) is 11.3 Å². The smallest absolute Gasteiger partial charge is 0.0629 e. The van der Waals surface area contributed by atoms with Gasteiger partial charge in [0.1, 0.15) is 0 Å². The van der Waals surface area contributed by atoms with Crippen molar-refractivity contribution < 1.29 is 0 Å². The van der Waals surface area contributed by atoms with Crippen LogP contribution in [0.2, 0.25) is 0 Å². The average molecular weight is 247 g/mol. The maximum absolute atomic E-state index is 6.25. The first-order valence-electron chi connectivity index (χ1n) is 6.30. The van der Waals surface area contributed by atoms with E-state index in [-0.39, 0.29) is 6.04 Å². The van der Waals surface area contributed by atoms with Gasteiger partial charge in [0.05, 0.1) is 11.9 Å². The van der Waals surface area contributed by atoms with E-state index in [0.717, 1.165) is 24.2 Å². The quantitative estimate of drug-likeness (QED) is 0.890. The minimum absolute atomic E-state index is 0.0214. The molecule has 2 rings (SSSR count). The highest BCUT2D eigenvalue weighted by molar-refractivity contribution is 5.27. The van der Waals surface area contributed by atoms with Crippen LogP contribution in [0.5, 0.6) is 0 Å². The fraction of sp³-hybridized carbons (Fsp3) is 0.538. The van der Waals surface area contributed by atoms with Crippen LogP contribution in [0.4, 0.5) is 0 Å². The van der Waals surface area contributed by atoms with Gasteiger partial charge in [-0.25, -0.2) is 0 Å². The number of nitrogens with two attached hydrogens (primary N) is 1. The van der Waals surface area contributed by atoms with Gasteiger partial charge >= 0.3 is 0 Å². The number of rotatable bonds is 4. The Balaban J connectivity index is 2.18. The summed E-state index contributed by atoms with van der Waals surface area (Å²) >= 11 is 0. The molecule has 0 amide bonds. The van der Waals surface area contributed by atoms with Crippen LogP contribution >= 0.6 is 0 Å². The molecule has 0 bridgehead atoms. The van der Waals surface area contributed by atoms with Crippen molar-refractivity contribution in [2.45, 2.75) is 39.8 Å². The van der Waals surface area contributed by atoms with Crippen LogP contribution in [0.15, 0.2) is 12.4 Å².